The fourth-order valence-electron chi connectivity index (χ4n) is 1.61. The number of hydrogen-bond acceptors (Lipinski definition) is 3. The summed E-state index contributed by atoms with van der Waals surface area (Å²) in [7, 11) is 1.75. The zero-order valence-corrected chi connectivity index (χ0v) is 9.73. The molecule has 1 aromatic rings. The van der Waals surface area contributed by atoms with Crippen molar-refractivity contribution >= 4 is 11.6 Å². The summed E-state index contributed by atoms with van der Waals surface area (Å²) < 4.78 is 24.6. The van der Waals surface area contributed by atoms with Gasteiger partial charge in [0.2, 0.25) is 0 Å². The van der Waals surface area contributed by atoms with Crippen molar-refractivity contribution in [3.8, 4) is 11.5 Å². The quantitative estimate of drug-likeness (QED) is 0.868. The molecule has 0 radical (unpaired) electrons. The van der Waals surface area contributed by atoms with Crippen molar-refractivity contribution in [2.24, 2.45) is 0 Å². The number of fused-ring (bicyclic) bond motifs is 1. The maximum atomic E-state index is 13.8. The average Bonchev–Trinajstić information content (AvgIpc) is 2.51. The molecule has 0 saturated heterocycles. The summed E-state index contributed by atoms with van der Waals surface area (Å²) in [6.45, 7) is 1.47. The Morgan fingerprint density at radius 1 is 1.44 bits per heavy atom. The Labute approximate surface area is 98.5 Å². The lowest BCUT2D eigenvalue weighted by Crippen LogP contribution is -2.08. The average molecular weight is 246 g/mol. The van der Waals surface area contributed by atoms with Gasteiger partial charge in [-0.15, -0.1) is 0 Å². The van der Waals surface area contributed by atoms with Crippen molar-refractivity contribution in [1.29, 1.82) is 0 Å². The van der Waals surface area contributed by atoms with Crippen LogP contribution in [0.5, 0.6) is 11.5 Å². The summed E-state index contributed by atoms with van der Waals surface area (Å²) in [4.78, 5) is 0. The van der Waals surface area contributed by atoms with Gasteiger partial charge in [0, 0.05) is 18.5 Å². The monoisotopic (exact) mass is 245 g/mol. The van der Waals surface area contributed by atoms with Crippen LogP contribution in [-0.2, 0) is 6.54 Å². The molecule has 0 aromatic heterocycles. The number of nitrogens with one attached hydrogen (secondary N) is 1. The van der Waals surface area contributed by atoms with Crippen LogP contribution in [-0.4, -0.2) is 20.3 Å². The Morgan fingerprint density at radius 2 is 2.19 bits per heavy atom. The summed E-state index contributed by atoms with van der Waals surface area (Å²) in [5.41, 5.74) is 0.483. The van der Waals surface area contributed by atoms with Crippen molar-refractivity contribution < 1.29 is 13.9 Å². The molecule has 0 bridgehead atoms. The minimum atomic E-state index is -0.444. The molecule has 16 heavy (non-hydrogen) atoms. The van der Waals surface area contributed by atoms with Crippen LogP contribution in [0.25, 0.3) is 0 Å². The van der Waals surface area contributed by atoms with Crippen LogP contribution in [0.15, 0.2) is 6.07 Å². The zero-order valence-electron chi connectivity index (χ0n) is 8.98. The van der Waals surface area contributed by atoms with Crippen LogP contribution in [0.4, 0.5) is 4.39 Å². The first-order chi connectivity index (χ1) is 7.74. The van der Waals surface area contributed by atoms with E-state index in [0.29, 0.717) is 36.8 Å². The van der Waals surface area contributed by atoms with Crippen LogP contribution in [0.3, 0.4) is 0 Å². The normalized spacial score (nSPS) is 14.7. The van der Waals surface area contributed by atoms with Gasteiger partial charge in [0.15, 0.2) is 11.5 Å². The maximum absolute atomic E-state index is 13.8. The molecule has 0 fully saturated rings. The second-order valence-electron chi connectivity index (χ2n) is 3.57. The van der Waals surface area contributed by atoms with Crippen molar-refractivity contribution in [3.05, 3.63) is 22.5 Å². The Hall–Kier alpha value is -1.00. The highest BCUT2D eigenvalue weighted by Crippen LogP contribution is 2.40. The van der Waals surface area contributed by atoms with Gasteiger partial charge in [-0.2, -0.15) is 0 Å². The molecular weight excluding hydrogens is 233 g/mol. The first kappa shape index (κ1) is 11.5. The molecule has 1 aliphatic heterocycles. The molecule has 5 heteroatoms. The molecular formula is C11H13ClFNO2. The lowest BCUT2D eigenvalue weighted by molar-refractivity contribution is 0.296. The highest BCUT2D eigenvalue weighted by molar-refractivity contribution is 6.32. The molecule has 0 aliphatic carbocycles. The summed E-state index contributed by atoms with van der Waals surface area (Å²) in [5, 5.41) is 2.88. The third kappa shape index (κ3) is 2.08. The molecule has 1 aliphatic rings. The molecule has 0 amide bonds. The third-order valence-corrected chi connectivity index (χ3v) is 2.70. The van der Waals surface area contributed by atoms with Crippen LogP contribution >= 0.6 is 11.6 Å². The minimum absolute atomic E-state index is 0.00431. The summed E-state index contributed by atoms with van der Waals surface area (Å²) in [5.74, 6) is 0.394. The summed E-state index contributed by atoms with van der Waals surface area (Å²) >= 11 is 5.92. The number of benzene rings is 1. The highest BCUT2D eigenvalue weighted by atomic mass is 35.5. The Kier molecular flexibility index (Phi) is 3.51. The van der Waals surface area contributed by atoms with Crippen molar-refractivity contribution in [2.45, 2.75) is 13.0 Å². The van der Waals surface area contributed by atoms with E-state index in [1.165, 1.54) is 0 Å². The number of rotatable bonds is 2. The van der Waals surface area contributed by atoms with Crippen LogP contribution in [0, 0.1) is 5.82 Å². The first-order valence-electron chi connectivity index (χ1n) is 5.15. The molecule has 0 atom stereocenters. The highest BCUT2D eigenvalue weighted by Gasteiger charge is 2.20. The largest absolute Gasteiger partial charge is 0.489 e. The molecule has 3 nitrogen and oxygen atoms in total. The molecule has 88 valence electrons. The predicted octanol–water partition coefficient (Wildman–Crippen LogP) is 2.36. The van der Waals surface area contributed by atoms with Gasteiger partial charge in [0.25, 0.3) is 0 Å². The Balaban J connectivity index is 2.46. The molecule has 1 N–H and O–H groups in total. The van der Waals surface area contributed by atoms with Gasteiger partial charge in [-0.05, 0) is 13.1 Å². The van der Waals surface area contributed by atoms with E-state index >= 15 is 0 Å². The minimum Gasteiger partial charge on any atom is -0.489 e. The number of halogens is 2. The van der Waals surface area contributed by atoms with Gasteiger partial charge in [0.1, 0.15) is 10.8 Å². The molecule has 1 heterocycles. The summed E-state index contributed by atoms with van der Waals surface area (Å²) in [6.07, 6.45) is 0.772. The Bertz CT molecular complexity index is 398. The second-order valence-corrected chi connectivity index (χ2v) is 3.95. The smallest absolute Gasteiger partial charge is 0.182 e. The van der Waals surface area contributed by atoms with Crippen LogP contribution < -0.4 is 14.8 Å². The molecule has 0 saturated carbocycles. The van der Waals surface area contributed by atoms with E-state index in [4.69, 9.17) is 21.1 Å². The molecule has 1 aromatic carbocycles. The van der Waals surface area contributed by atoms with E-state index in [1.807, 2.05) is 0 Å². The van der Waals surface area contributed by atoms with E-state index < -0.39 is 5.82 Å². The van der Waals surface area contributed by atoms with Gasteiger partial charge < -0.3 is 14.8 Å². The topological polar surface area (TPSA) is 30.5 Å². The predicted molar refractivity (Wildman–Crippen MR) is 59.8 cm³/mol. The van der Waals surface area contributed by atoms with Gasteiger partial charge in [-0.3, -0.25) is 0 Å². The van der Waals surface area contributed by atoms with E-state index in [1.54, 1.807) is 13.1 Å². The van der Waals surface area contributed by atoms with Crippen molar-refractivity contribution in [3.63, 3.8) is 0 Å². The lowest BCUT2D eigenvalue weighted by atomic mass is 10.2. The van der Waals surface area contributed by atoms with Crippen LogP contribution in [0.1, 0.15) is 12.0 Å². The molecule has 2 rings (SSSR count). The van der Waals surface area contributed by atoms with Crippen molar-refractivity contribution in [2.75, 3.05) is 20.3 Å². The molecule has 0 spiro atoms. The van der Waals surface area contributed by atoms with Gasteiger partial charge in [-0.1, -0.05) is 11.6 Å². The van der Waals surface area contributed by atoms with E-state index in [9.17, 15) is 4.39 Å². The third-order valence-electron chi connectivity index (χ3n) is 2.36. The lowest BCUT2D eigenvalue weighted by Gasteiger charge is -2.12. The van der Waals surface area contributed by atoms with E-state index in [0.717, 1.165) is 6.42 Å². The van der Waals surface area contributed by atoms with E-state index in [2.05, 4.69) is 5.32 Å². The summed E-state index contributed by atoms with van der Waals surface area (Å²) in [6, 6.07) is 1.64. The van der Waals surface area contributed by atoms with Crippen LogP contribution in [0.2, 0.25) is 5.02 Å². The van der Waals surface area contributed by atoms with Gasteiger partial charge in [0.05, 0.1) is 13.2 Å². The maximum Gasteiger partial charge on any atom is 0.182 e. The number of hydrogen-bond donors (Lipinski definition) is 1. The standard InChI is InChI=1S/C11H13ClFNO2/c1-14-6-7-5-8-11(9(12)10(7)13)16-4-2-3-15-8/h5,14H,2-4,6H2,1H3. The van der Waals surface area contributed by atoms with Crippen molar-refractivity contribution in [1.82, 2.24) is 5.32 Å². The van der Waals surface area contributed by atoms with Gasteiger partial charge >= 0.3 is 0 Å². The fourth-order valence-corrected chi connectivity index (χ4v) is 1.88. The second kappa shape index (κ2) is 4.89. The number of ether oxygens (including phenoxy) is 2. The zero-order chi connectivity index (χ0) is 11.5. The SMILES string of the molecule is CNCc1cc2c(c(Cl)c1F)OCCCO2. The van der Waals surface area contributed by atoms with E-state index in [-0.39, 0.29) is 5.02 Å². The first-order valence-corrected chi connectivity index (χ1v) is 5.53. The molecule has 0 unspecified atom stereocenters. The fraction of sp³-hybridized carbons (Fsp3) is 0.455. The van der Waals surface area contributed by atoms with Gasteiger partial charge in [-0.25, -0.2) is 4.39 Å². The Morgan fingerprint density at radius 3 is 2.94 bits per heavy atom.